The van der Waals surface area contributed by atoms with E-state index in [1.54, 1.807) is 13.8 Å². The summed E-state index contributed by atoms with van der Waals surface area (Å²) >= 11 is 0. The van der Waals surface area contributed by atoms with E-state index in [2.05, 4.69) is 12.2 Å². The second kappa shape index (κ2) is 18.6. The molecule has 0 aliphatic rings. The van der Waals surface area contributed by atoms with E-state index >= 15 is 0 Å². The molecule has 0 rings (SSSR count). The van der Waals surface area contributed by atoms with E-state index in [-0.39, 0.29) is 19.6 Å². The van der Waals surface area contributed by atoms with E-state index in [0.29, 0.717) is 6.42 Å². The molecule has 7 heteroatoms. The minimum absolute atomic E-state index is 0.00430. The van der Waals surface area contributed by atoms with Crippen molar-refractivity contribution in [3.05, 3.63) is 0 Å². The Bertz CT molecular complexity index is 543. The van der Waals surface area contributed by atoms with Crippen LogP contribution in [0.1, 0.15) is 118 Å². The van der Waals surface area contributed by atoms with Gasteiger partial charge in [-0.1, -0.05) is 84.0 Å². The molecular weight excluding hydrogens is 410 g/mol. The lowest BCUT2D eigenvalue weighted by Gasteiger charge is -2.28. The van der Waals surface area contributed by atoms with Crippen LogP contribution in [-0.2, 0) is 28.7 Å². The summed E-state index contributed by atoms with van der Waals surface area (Å²) in [5.74, 6) is -3.54. The van der Waals surface area contributed by atoms with Crippen molar-refractivity contribution in [1.29, 1.82) is 0 Å². The monoisotopic (exact) mass is 455 g/mol. The summed E-state index contributed by atoms with van der Waals surface area (Å²) in [5.41, 5.74) is -2.42. The number of Topliss-reactive ketones (excluding diaryl/α,β-unsaturated/α-hetero) is 1. The molecule has 0 unspecified atom stereocenters. The molecule has 0 aromatic rings. The minimum Gasteiger partial charge on any atom is -0.463 e. The number of rotatable bonds is 20. The Morgan fingerprint density at radius 1 is 0.625 bits per heavy atom. The predicted molar refractivity (Wildman–Crippen MR) is 125 cm³/mol. The average Bonchev–Trinajstić information content (AvgIpc) is 2.75. The van der Waals surface area contributed by atoms with Gasteiger partial charge in [0.05, 0.1) is 13.2 Å². The molecule has 0 atom stereocenters. The molecule has 0 aromatic heterocycles. The molecule has 0 radical (unpaired) electrons. The van der Waals surface area contributed by atoms with Crippen LogP contribution in [0.4, 0.5) is 0 Å². The second-order valence-electron chi connectivity index (χ2n) is 8.29. The van der Waals surface area contributed by atoms with Crippen LogP contribution in [0.25, 0.3) is 0 Å². The highest BCUT2D eigenvalue weighted by Gasteiger charge is 2.56. The molecule has 0 saturated carbocycles. The summed E-state index contributed by atoms with van der Waals surface area (Å²) in [6, 6.07) is 0. The highest BCUT2D eigenvalue weighted by molar-refractivity contribution is 6.27. The van der Waals surface area contributed by atoms with Gasteiger partial charge in [-0.3, -0.25) is 9.59 Å². The molecule has 1 amide bonds. The van der Waals surface area contributed by atoms with Crippen LogP contribution in [0.5, 0.6) is 0 Å². The van der Waals surface area contributed by atoms with Gasteiger partial charge in [-0.15, -0.1) is 0 Å². The van der Waals surface area contributed by atoms with E-state index in [0.717, 1.165) is 26.2 Å². The predicted octanol–water partition coefficient (Wildman–Crippen LogP) is 5.04. The van der Waals surface area contributed by atoms with E-state index in [4.69, 9.17) is 9.47 Å². The molecule has 7 nitrogen and oxygen atoms in total. The Kier molecular flexibility index (Phi) is 17.5. The number of amides is 1. The Hall–Kier alpha value is -1.92. The molecule has 0 aromatic carbocycles. The molecule has 0 aliphatic heterocycles. The van der Waals surface area contributed by atoms with Crippen LogP contribution < -0.4 is 5.32 Å². The quantitative estimate of drug-likeness (QED) is 0.157. The van der Waals surface area contributed by atoms with E-state index in [1.807, 2.05) is 0 Å². The molecule has 186 valence electrons. The lowest BCUT2D eigenvalue weighted by Crippen LogP contribution is -2.66. The topological polar surface area (TPSA) is 98.8 Å². The van der Waals surface area contributed by atoms with Crippen molar-refractivity contribution in [3.63, 3.8) is 0 Å². The van der Waals surface area contributed by atoms with Gasteiger partial charge in [0.15, 0.2) is 5.78 Å². The summed E-state index contributed by atoms with van der Waals surface area (Å²) in [4.78, 5) is 49.7. The fraction of sp³-hybridized carbons (Fsp3) is 0.840. The molecular formula is C25H45NO6. The maximum absolute atomic E-state index is 12.9. The third-order valence-electron chi connectivity index (χ3n) is 5.45. The molecule has 0 bridgehead atoms. The summed E-state index contributed by atoms with van der Waals surface area (Å²) in [6.45, 7) is 6.47. The van der Waals surface area contributed by atoms with Crippen LogP contribution in [0.15, 0.2) is 0 Å². The Labute approximate surface area is 194 Å². The van der Waals surface area contributed by atoms with Gasteiger partial charge in [0.25, 0.3) is 5.54 Å². The van der Waals surface area contributed by atoms with Crippen molar-refractivity contribution in [2.45, 2.75) is 123 Å². The minimum atomic E-state index is -2.42. The molecule has 0 saturated heterocycles. The highest BCUT2D eigenvalue weighted by atomic mass is 16.6. The van der Waals surface area contributed by atoms with Crippen molar-refractivity contribution in [3.8, 4) is 0 Å². The van der Waals surface area contributed by atoms with Gasteiger partial charge >= 0.3 is 11.9 Å². The van der Waals surface area contributed by atoms with Gasteiger partial charge in [0.1, 0.15) is 0 Å². The van der Waals surface area contributed by atoms with Gasteiger partial charge in [-0.2, -0.15) is 0 Å². The molecule has 0 fully saturated rings. The van der Waals surface area contributed by atoms with Crippen LogP contribution in [0, 0.1) is 0 Å². The summed E-state index contributed by atoms with van der Waals surface area (Å²) in [5, 5.41) is 2.22. The van der Waals surface area contributed by atoms with Crippen molar-refractivity contribution in [1.82, 2.24) is 5.32 Å². The van der Waals surface area contributed by atoms with Crippen LogP contribution in [0.2, 0.25) is 0 Å². The van der Waals surface area contributed by atoms with Gasteiger partial charge in [0.2, 0.25) is 5.91 Å². The normalized spacial score (nSPS) is 11.1. The zero-order valence-electron chi connectivity index (χ0n) is 20.8. The van der Waals surface area contributed by atoms with Crippen LogP contribution >= 0.6 is 0 Å². The molecule has 0 aliphatic carbocycles. The number of carbonyl (C=O) groups is 4. The van der Waals surface area contributed by atoms with Crippen LogP contribution in [0.3, 0.4) is 0 Å². The van der Waals surface area contributed by atoms with E-state index in [1.165, 1.54) is 57.8 Å². The molecule has 1 N–H and O–H groups in total. The van der Waals surface area contributed by atoms with Gasteiger partial charge in [0, 0.05) is 13.3 Å². The first-order valence-corrected chi connectivity index (χ1v) is 12.5. The standard InChI is InChI=1S/C25H45NO6/c1-5-8-9-10-11-12-13-14-15-16-17-18-19-20-22(28)25(26-21(4)27,23(29)31-6-2)24(30)32-7-3/h5-20H2,1-4H3,(H,26,27). The first kappa shape index (κ1) is 30.1. The molecule has 0 spiro atoms. The van der Waals surface area contributed by atoms with Crippen molar-refractivity contribution in [2.75, 3.05) is 13.2 Å². The fourth-order valence-electron chi connectivity index (χ4n) is 3.72. The van der Waals surface area contributed by atoms with Crippen molar-refractivity contribution < 1.29 is 28.7 Å². The summed E-state index contributed by atoms with van der Waals surface area (Å²) < 4.78 is 9.88. The number of unbranched alkanes of at least 4 members (excludes halogenated alkanes) is 12. The first-order valence-electron chi connectivity index (χ1n) is 12.5. The SMILES string of the molecule is CCCCCCCCCCCCCCCC(=O)C(NC(C)=O)(C(=O)OCC)C(=O)OCC. The summed E-state index contributed by atoms with van der Waals surface area (Å²) in [6.07, 6.45) is 15.1. The van der Waals surface area contributed by atoms with E-state index in [9.17, 15) is 19.2 Å². The third-order valence-corrected chi connectivity index (χ3v) is 5.45. The number of carbonyl (C=O) groups excluding carboxylic acids is 4. The Morgan fingerprint density at radius 3 is 1.34 bits per heavy atom. The average molecular weight is 456 g/mol. The highest BCUT2D eigenvalue weighted by Crippen LogP contribution is 2.19. The molecule has 0 heterocycles. The van der Waals surface area contributed by atoms with Crippen molar-refractivity contribution in [2.24, 2.45) is 0 Å². The second-order valence-corrected chi connectivity index (χ2v) is 8.29. The zero-order valence-corrected chi connectivity index (χ0v) is 20.8. The van der Waals surface area contributed by atoms with Crippen molar-refractivity contribution >= 4 is 23.6 Å². The number of nitrogens with one attached hydrogen (secondary N) is 1. The number of hydrogen-bond donors (Lipinski definition) is 1. The lowest BCUT2D eigenvalue weighted by molar-refractivity contribution is -0.170. The van der Waals surface area contributed by atoms with Gasteiger partial charge in [-0.25, -0.2) is 9.59 Å². The largest absolute Gasteiger partial charge is 0.463 e. The summed E-state index contributed by atoms with van der Waals surface area (Å²) in [7, 11) is 0. The zero-order chi connectivity index (χ0) is 24.2. The number of hydrogen-bond acceptors (Lipinski definition) is 6. The van der Waals surface area contributed by atoms with Gasteiger partial charge in [-0.05, 0) is 20.3 Å². The lowest BCUT2D eigenvalue weighted by atomic mass is 9.89. The van der Waals surface area contributed by atoms with Crippen LogP contribution in [-0.4, -0.2) is 42.4 Å². The first-order chi connectivity index (χ1) is 15.4. The number of esters is 2. The maximum atomic E-state index is 12.9. The third kappa shape index (κ3) is 11.6. The maximum Gasteiger partial charge on any atom is 0.351 e. The Morgan fingerprint density at radius 2 is 1.00 bits per heavy atom. The smallest absolute Gasteiger partial charge is 0.351 e. The van der Waals surface area contributed by atoms with Gasteiger partial charge < -0.3 is 14.8 Å². The fourth-order valence-corrected chi connectivity index (χ4v) is 3.72. The van der Waals surface area contributed by atoms with E-state index < -0.39 is 29.2 Å². The number of ether oxygens (including phenoxy) is 2. The molecule has 32 heavy (non-hydrogen) atoms. The Balaban J connectivity index is 4.43. The number of ketones is 1.